The summed E-state index contributed by atoms with van der Waals surface area (Å²) in [7, 11) is 0. The van der Waals surface area contributed by atoms with Gasteiger partial charge in [-0.05, 0) is 37.1 Å². The first kappa shape index (κ1) is 17.7. The summed E-state index contributed by atoms with van der Waals surface area (Å²) in [4.78, 5) is 35.7. The maximum absolute atomic E-state index is 13.5. The summed E-state index contributed by atoms with van der Waals surface area (Å²) in [6, 6.07) is 5.83. The Morgan fingerprint density at radius 2 is 2.11 bits per heavy atom. The number of halogens is 1. The fraction of sp³-hybridized carbons (Fsp3) is 0.421. The van der Waals surface area contributed by atoms with Crippen molar-refractivity contribution < 1.29 is 13.9 Å². The predicted octanol–water partition coefficient (Wildman–Crippen LogP) is 1.27. The van der Waals surface area contributed by atoms with E-state index in [1.807, 2.05) is 11.8 Å². The Morgan fingerprint density at radius 1 is 1.33 bits per heavy atom. The van der Waals surface area contributed by atoms with Gasteiger partial charge in [0.15, 0.2) is 0 Å². The summed E-state index contributed by atoms with van der Waals surface area (Å²) in [5, 5.41) is 0. The monoisotopic (exact) mass is 372 g/mol. The van der Waals surface area contributed by atoms with Crippen LogP contribution in [0.3, 0.4) is 0 Å². The van der Waals surface area contributed by atoms with Gasteiger partial charge in [0.25, 0.3) is 5.56 Å². The molecule has 1 aromatic heterocycles. The topological polar surface area (TPSA) is 78.5 Å². The average Bonchev–Trinajstić information content (AvgIpc) is 2.96. The molecule has 1 amide bonds. The highest BCUT2D eigenvalue weighted by Crippen LogP contribution is 2.33. The van der Waals surface area contributed by atoms with Crippen LogP contribution in [-0.4, -0.2) is 48.2 Å². The van der Waals surface area contributed by atoms with Gasteiger partial charge in [0.2, 0.25) is 5.91 Å². The Morgan fingerprint density at radius 3 is 2.89 bits per heavy atom. The molecule has 0 spiro atoms. The van der Waals surface area contributed by atoms with Crippen molar-refractivity contribution in [2.24, 2.45) is 0 Å². The number of H-pyrrole nitrogens is 1. The molecule has 2 aromatic rings. The van der Waals surface area contributed by atoms with Crippen LogP contribution in [0.5, 0.6) is 0 Å². The first-order valence-electron chi connectivity index (χ1n) is 9.04. The number of hydrogen-bond acceptors (Lipinski definition) is 5. The van der Waals surface area contributed by atoms with Crippen molar-refractivity contribution in [3.8, 4) is 0 Å². The van der Waals surface area contributed by atoms with E-state index < -0.39 is 0 Å². The lowest BCUT2D eigenvalue weighted by atomic mass is 10.1. The molecule has 0 bridgehead atoms. The third-order valence-corrected chi connectivity index (χ3v) is 4.96. The normalized spacial score (nSPS) is 19.3. The molecule has 4 rings (SSSR count). The number of aromatic nitrogens is 2. The van der Waals surface area contributed by atoms with E-state index in [4.69, 9.17) is 4.74 Å². The lowest BCUT2D eigenvalue weighted by Gasteiger charge is -2.28. The fourth-order valence-corrected chi connectivity index (χ4v) is 3.74. The minimum atomic E-state index is -0.306. The molecule has 1 fully saturated rings. The molecule has 1 N–H and O–H groups in total. The van der Waals surface area contributed by atoms with Crippen LogP contribution in [0.2, 0.25) is 0 Å². The molecular formula is C19H21FN4O3. The number of nitrogens with zero attached hydrogens (tertiary/aromatic N) is 3. The summed E-state index contributed by atoms with van der Waals surface area (Å²) < 4.78 is 18.8. The number of rotatable bonds is 3. The summed E-state index contributed by atoms with van der Waals surface area (Å²) in [6.07, 6.45) is 0.588. The smallest absolute Gasteiger partial charge is 0.252 e. The van der Waals surface area contributed by atoms with Crippen LogP contribution < -0.4 is 15.4 Å². The fourth-order valence-electron chi connectivity index (χ4n) is 3.74. The highest BCUT2D eigenvalue weighted by molar-refractivity contribution is 5.97. The second kappa shape index (κ2) is 7.11. The van der Waals surface area contributed by atoms with E-state index in [9.17, 15) is 14.0 Å². The van der Waals surface area contributed by atoms with E-state index in [-0.39, 0.29) is 29.7 Å². The SMILES string of the molecule is CC1Cc2cc(F)ccc2N1C(=O)Cc1nc(N2CCOCC2)cc(=O)[nH]1. The van der Waals surface area contributed by atoms with Gasteiger partial charge < -0.3 is 19.5 Å². The molecule has 27 heavy (non-hydrogen) atoms. The Hall–Kier alpha value is -2.74. The molecule has 0 radical (unpaired) electrons. The first-order chi connectivity index (χ1) is 13.0. The number of morpholine rings is 1. The van der Waals surface area contributed by atoms with E-state index in [0.717, 1.165) is 11.3 Å². The minimum absolute atomic E-state index is 0.0193. The maximum Gasteiger partial charge on any atom is 0.252 e. The Balaban J connectivity index is 1.57. The zero-order valence-electron chi connectivity index (χ0n) is 15.1. The van der Waals surface area contributed by atoms with Crippen molar-refractivity contribution in [2.45, 2.75) is 25.8 Å². The van der Waals surface area contributed by atoms with E-state index >= 15 is 0 Å². The predicted molar refractivity (Wildman–Crippen MR) is 98.6 cm³/mol. The lowest BCUT2D eigenvalue weighted by Crippen LogP contribution is -2.39. The summed E-state index contributed by atoms with van der Waals surface area (Å²) in [5.41, 5.74) is 1.26. The number of ether oxygens (including phenoxy) is 1. The molecule has 7 nitrogen and oxygen atoms in total. The molecule has 1 atom stereocenters. The Labute approximate surface area is 155 Å². The molecule has 142 valence electrons. The van der Waals surface area contributed by atoms with E-state index in [2.05, 4.69) is 9.97 Å². The van der Waals surface area contributed by atoms with Crippen LogP contribution in [0, 0.1) is 5.82 Å². The molecule has 1 aromatic carbocycles. The minimum Gasteiger partial charge on any atom is -0.378 e. The van der Waals surface area contributed by atoms with Crippen LogP contribution >= 0.6 is 0 Å². The van der Waals surface area contributed by atoms with Gasteiger partial charge in [-0.15, -0.1) is 0 Å². The number of nitrogens with one attached hydrogen (secondary N) is 1. The first-order valence-corrected chi connectivity index (χ1v) is 9.04. The molecule has 0 saturated carbocycles. The van der Waals surface area contributed by atoms with Gasteiger partial charge in [-0.2, -0.15) is 0 Å². The lowest BCUT2D eigenvalue weighted by molar-refractivity contribution is -0.118. The van der Waals surface area contributed by atoms with Crippen molar-refractivity contribution in [1.82, 2.24) is 9.97 Å². The summed E-state index contributed by atoms with van der Waals surface area (Å²) in [5.74, 6) is 0.410. The average molecular weight is 372 g/mol. The highest BCUT2D eigenvalue weighted by atomic mass is 19.1. The van der Waals surface area contributed by atoms with E-state index in [1.165, 1.54) is 18.2 Å². The zero-order chi connectivity index (χ0) is 19.0. The summed E-state index contributed by atoms with van der Waals surface area (Å²) >= 11 is 0. The second-order valence-electron chi connectivity index (χ2n) is 6.92. The Bertz CT molecular complexity index is 923. The Kier molecular flexibility index (Phi) is 4.65. The molecular weight excluding hydrogens is 351 g/mol. The van der Waals surface area contributed by atoms with Gasteiger partial charge in [0, 0.05) is 30.9 Å². The standard InChI is InChI=1S/C19H21FN4O3/c1-12-8-13-9-14(20)2-3-15(13)24(12)19(26)10-16-21-17(11-18(25)22-16)23-4-6-27-7-5-23/h2-3,9,11-12H,4-8,10H2,1H3,(H,21,22,25). The number of benzene rings is 1. The van der Waals surface area contributed by atoms with Gasteiger partial charge in [-0.25, -0.2) is 9.37 Å². The van der Waals surface area contributed by atoms with Gasteiger partial charge >= 0.3 is 0 Å². The van der Waals surface area contributed by atoms with Crippen molar-refractivity contribution in [3.63, 3.8) is 0 Å². The molecule has 3 heterocycles. The van der Waals surface area contributed by atoms with E-state index in [0.29, 0.717) is 44.4 Å². The molecule has 8 heteroatoms. The third kappa shape index (κ3) is 3.57. The van der Waals surface area contributed by atoms with Gasteiger partial charge in [-0.3, -0.25) is 9.59 Å². The highest BCUT2D eigenvalue weighted by Gasteiger charge is 2.31. The second-order valence-corrected chi connectivity index (χ2v) is 6.92. The van der Waals surface area contributed by atoms with Crippen molar-refractivity contribution in [2.75, 3.05) is 36.1 Å². The quantitative estimate of drug-likeness (QED) is 0.878. The number of fused-ring (bicyclic) bond motifs is 1. The number of carbonyl (C=O) groups excluding carboxylic acids is 1. The number of hydrogen-bond donors (Lipinski definition) is 1. The molecule has 1 unspecified atom stereocenters. The van der Waals surface area contributed by atoms with Gasteiger partial charge in [-0.1, -0.05) is 0 Å². The number of anilines is 2. The van der Waals surface area contributed by atoms with Gasteiger partial charge in [0.1, 0.15) is 17.5 Å². The summed E-state index contributed by atoms with van der Waals surface area (Å²) in [6.45, 7) is 4.41. The van der Waals surface area contributed by atoms with Crippen LogP contribution in [0.15, 0.2) is 29.1 Å². The maximum atomic E-state index is 13.5. The van der Waals surface area contributed by atoms with Crippen LogP contribution in [0.1, 0.15) is 18.3 Å². The molecule has 0 aliphatic carbocycles. The van der Waals surface area contributed by atoms with E-state index in [1.54, 1.807) is 11.0 Å². The number of aromatic amines is 1. The molecule has 2 aliphatic rings. The molecule has 1 saturated heterocycles. The third-order valence-electron chi connectivity index (χ3n) is 4.96. The van der Waals surface area contributed by atoms with Crippen molar-refractivity contribution in [1.29, 1.82) is 0 Å². The van der Waals surface area contributed by atoms with Crippen LogP contribution in [0.4, 0.5) is 15.9 Å². The number of amides is 1. The largest absolute Gasteiger partial charge is 0.378 e. The zero-order valence-corrected chi connectivity index (χ0v) is 15.1. The van der Waals surface area contributed by atoms with Gasteiger partial charge in [0.05, 0.1) is 19.6 Å². The number of carbonyl (C=O) groups is 1. The van der Waals surface area contributed by atoms with Crippen LogP contribution in [0.25, 0.3) is 0 Å². The van der Waals surface area contributed by atoms with Crippen LogP contribution in [-0.2, 0) is 22.4 Å². The molecule has 2 aliphatic heterocycles. The van der Waals surface area contributed by atoms with Crippen molar-refractivity contribution >= 4 is 17.4 Å². The van der Waals surface area contributed by atoms with Crippen molar-refractivity contribution in [3.05, 3.63) is 51.8 Å².